The van der Waals surface area contributed by atoms with Crippen LogP contribution in [-0.4, -0.2) is 29.0 Å². The second-order valence-electron chi connectivity index (χ2n) is 1.41. The molecule has 0 atom stereocenters. The molecule has 0 rings (SSSR count). The van der Waals surface area contributed by atoms with Gasteiger partial charge < -0.3 is 4.74 Å². The minimum atomic E-state index is -2.22. The summed E-state index contributed by atoms with van der Waals surface area (Å²) >= 11 is -2.22. The van der Waals surface area contributed by atoms with E-state index in [1.54, 1.807) is 13.8 Å². The molecule has 0 saturated carbocycles. The normalized spacial score (nSPS) is 8.55. The molecule has 0 aliphatic heterocycles. The number of ether oxygens (including phenoxy) is 1. The summed E-state index contributed by atoms with van der Waals surface area (Å²) in [4.78, 5) is 10.2. The van der Waals surface area contributed by atoms with Crippen molar-refractivity contribution in [1.82, 2.24) is 0 Å². The first-order chi connectivity index (χ1) is 5.04. The molecule has 6 heteroatoms. The third-order valence-corrected chi connectivity index (χ3v) is 0.594. The first kappa shape index (κ1) is 14.7. The minimum absolute atomic E-state index is 0.123. The van der Waals surface area contributed by atoms with Gasteiger partial charge in [0, 0.05) is 6.42 Å². The summed E-state index contributed by atoms with van der Waals surface area (Å²) in [6.07, 6.45) is 0.480. The molecule has 0 aliphatic rings. The monoisotopic (exact) mass is 328 g/mol. The summed E-state index contributed by atoms with van der Waals surface area (Å²) in [5, 5.41) is 0. The van der Waals surface area contributed by atoms with Crippen molar-refractivity contribution in [2.45, 2.75) is 20.3 Å². The average Bonchev–Trinajstić information content (AvgIpc) is 1.87. The van der Waals surface area contributed by atoms with E-state index in [0.717, 1.165) is 0 Å². The van der Waals surface area contributed by atoms with Crippen LogP contribution in [0, 0.1) is 0 Å². The maximum absolute atomic E-state index is 10.2. The second-order valence-corrected chi connectivity index (χ2v) is 16.1. The molecular formula is C5H11Cl3O2Sn. The molecule has 0 fully saturated rings. The molecule has 0 radical (unpaired) electrons. The van der Waals surface area contributed by atoms with Gasteiger partial charge in [-0.25, -0.2) is 0 Å². The number of carbonyl (C=O) groups excluding carboxylic acids is 1. The fraction of sp³-hybridized carbons (Fsp3) is 0.800. The molecule has 0 heterocycles. The van der Waals surface area contributed by atoms with Gasteiger partial charge in [0.05, 0.1) is 6.61 Å². The number of rotatable bonds is 2. The van der Waals surface area contributed by atoms with Crippen molar-refractivity contribution < 1.29 is 9.53 Å². The van der Waals surface area contributed by atoms with Gasteiger partial charge in [0.15, 0.2) is 0 Å². The third kappa shape index (κ3) is 24.7. The molecule has 0 saturated heterocycles. The summed E-state index contributed by atoms with van der Waals surface area (Å²) < 4.78 is 4.55. The summed E-state index contributed by atoms with van der Waals surface area (Å²) in [6.45, 7) is 4.07. The van der Waals surface area contributed by atoms with Gasteiger partial charge in [0.2, 0.25) is 0 Å². The molecule has 0 aromatic heterocycles. The van der Waals surface area contributed by atoms with Crippen LogP contribution in [0.15, 0.2) is 0 Å². The number of esters is 1. The zero-order chi connectivity index (χ0) is 9.28. The fourth-order valence-electron chi connectivity index (χ4n) is 0.263. The molecule has 0 amide bonds. The van der Waals surface area contributed by atoms with Crippen LogP contribution >= 0.6 is 26.8 Å². The molecule has 0 aliphatic carbocycles. The van der Waals surface area contributed by atoms with E-state index in [2.05, 4.69) is 4.74 Å². The third-order valence-electron chi connectivity index (χ3n) is 0.594. The van der Waals surface area contributed by atoms with Crippen LogP contribution in [0.5, 0.6) is 0 Å². The number of hydrogen-bond donors (Lipinski definition) is 0. The molecule has 2 nitrogen and oxygen atoms in total. The average molecular weight is 328 g/mol. The van der Waals surface area contributed by atoms with Gasteiger partial charge in [0.1, 0.15) is 0 Å². The van der Waals surface area contributed by atoms with Gasteiger partial charge in [-0.15, -0.1) is 0 Å². The summed E-state index contributed by atoms with van der Waals surface area (Å²) in [5.74, 6) is -0.123. The van der Waals surface area contributed by atoms with Crippen molar-refractivity contribution in [1.29, 1.82) is 0 Å². The van der Waals surface area contributed by atoms with E-state index in [-0.39, 0.29) is 5.97 Å². The summed E-state index contributed by atoms with van der Waals surface area (Å²) in [7, 11) is 15.0. The Bertz CT molecular complexity index is 97.0. The van der Waals surface area contributed by atoms with Crippen molar-refractivity contribution in [2.24, 2.45) is 0 Å². The van der Waals surface area contributed by atoms with Gasteiger partial charge in [-0.1, -0.05) is 6.92 Å². The predicted molar refractivity (Wildman–Crippen MR) is 51.6 cm³/mol. The van der Waals surface area contributed by atoms with E-state index in [1.165, 1.54) is 0 Å². The Balaban J connectivity index is 0. The van der Waals surface area contributed by atoms with Crippen LogP contribution in [0.2, 0.25) is 0 Å². The van der Waals surface area contributed by atoms with Gasteiger partial charge >= 0.3 is 49.1 Å². The van der Waals surface area contributed by atoms with E-state index in [0.29, 0.717) is 13.0 Å². The van der Waals surface area contributed by atoms with Crippen LogP contribution in [0.1, 0.15) is 20.3 Å². The van der Waals surface area contributed by atoms with Crippen LogP contribution < -0.4 is 0 Å². The molecule has 68 valence electrons. The summed E-state index contributed by atoms with van der Waals surface area (Å²) in [6, 6.07) is 0. The predicted octanol–water partition coefficient (Wildman–Crippen LogP) is 2.38. The molecule has 0 aromatic rings. The van der Waals surface area contributed by atoms with Gasteiger partial charge in [0.25, 0.3) is 0 Å². The Hall–Kier alpha value is 1.14. The van der Waals surface area contributed by atoms with Gasteiger partial charge in [-0.2, -0.15) is 0 Å². The molecule has 0 unspecified atom stereocenters. The molecule has 11 heavy (non-hydrogen) atoms. The first-order valence-corrected chi connectivity index (χ1v) is 15.6. The zero-order valence-electron chi connectivity index (χ0n) is 6.44. The van der Waals surface area contributed by atoms with E-state index in [9.17, 15) is 4.79 Å². The zero-order valence-corrected chi connectivity index (χ0v) is 12.0. The van der Waals surface area contributed by atoms with Crippen LogP contribution in [0.25, 0.3) is 0 Å². The molecule has 0 bridgehead atoms. The molecule has 0 aromatic carbocycles. The summed E-state index contributed by atoms with van der Waals surface area (Å²) in [5.41, 5.74) is 0. The molecular weight excluding hydrogens is 317 g/mol. The van der Waals surface area contributed by atoms with E-state index in [1.807, 2.05) is 0 Å². The maximum atomic E-state index is 10.2. The Morgan fingerprint density at radius 2 is 1.73 bits per heavy atom. The van der Waals surface area contributed by atoms with E-state index < -0.39 is 16.4 Å². The van der Waals surface area contributed by atoms with Crippen molar-refractivity contribution in [3.63, 3.8) is 0 Å². The molecule has 0 N–H and O–H groups in total. The fourth-order valence-corrected chi connectivity index (χ4v) is 0.263. The van der Waals surface area contributed by atoms with E-state index >= 15 is 0 Å². The number of hydrogen-bond acceptors (Lipinski definition) is 2. The Labute approximate surface area is 85.0 Å². The topological polar surface area (TPSA) is 26.3 Å². The van der Waals surface area contributed by atoms with Crippen LogP contribution in [0.4, 0.5) is 0 Å². The van der Waals surface area contributed by atoms with Crippen LogP contribution in [-0.2, 0) is 9.53 Å². The standard InChI is InChI=1S/C5H10O2.3ClH.Sn.H/c1-3-5(6)7-4-2;;;;;/h3-4H2,1-2H3;3*1H;;/q;;;;+3;/p-3. The first-order valence-electron chi connectivity index (χ1n) is 3.12. The Morgan fingerprint density at radius 1 is 1.36 bits per heavy atom. The second kappa shape index (κ2) is 11.1. The van der Waals surface area contributed by atoms with Crippen LogP contribution in [0.3, 0.4) is 0 Å². The van der Waals surface area contributed by atoms with Crippen molar-refractivity contribution >= 4 is 49.1 Å². The van der Waals surface area contributed by atoms with E-state index in [4.69, 9.17) is 26.8 Å². The van der Waals surface area contributed by atoms with Crippen molar-refractivity contribution in [3.05, 3.63) is 0 Å². The quantitative estimate of drug-likeness (QED) is 0.575. The Morgan fingerprint density at radius 3 is 1.82 bits per heavy atom. The number of halogens is 3. The van der Waals surface area contributed by atoms with Gasteiger partial charge in [-0.3, -0.25) is 4.79 Å². The van der Waals surface area contributed by atoms with Crippen molar-refractivity contribution in [3.8, 4) is 0 Å². The number of carbonyl (C=O) groups is 1. The Kier molecular flexibility index (Phi) is 14.8. The van der Waals surface area contributed by atoms with Gasteiger partial charge in [-0.05, 0) is 6.92 Å². The SMILES string of the molecule is CCOC(=O)CC.[Cl][SnH]([Cl])[Cl]. The molecule has 0 spiro atoms. The van der Waals surface area contributed by atoms with Crippen molar-refractivity contribution in [2.75, 3.05) is 6.61 Å².